The highest BCUT2D eigenvalue weighted by atomic mass is 15.1. The van der Waals surface area contributed by atoms with Crippen LogP contribution in [0, 0.1) is 31.8 Å². The van der Waals surface area contributed by atoms with Gasteiger partial charge in [0.1, 0.15) is 0 Å². The van der Waals surface area contributed by atoms with Crippen LogP contribution in [0.15, 0.2) is 133 Å². The Morgan fingerprint density at radius 3 is 1.20 bits per heavy atom. The number of hydrogen-bond donors (Lipinski definition) is 0. The lowest BCUT2D eigenvalue weighted by molar-refractivity contribution is 0.866. The zero-order chi connectivity index (χ0) is 37.7. The van der Waals surface area contributed by atoms with Gasteiger partial charge in [0.25, 0.3) is 0 Å². The van der Waals surface area contributed by atoms with E-state index in [1.54, 1.807) is 0 Å². The molecule has 0 atom stereocenters. The minimum absolute atomic E-state index is 0.426. The summed E-state index contributed by atoms with van der Waals surface area (Å²) < 4.78 is 0. The molecule has 0 saturated heterocycles. The molecule has 0 aliphatic carbocycles. The van der Waals surface area contributed by atoms with Crippen LogP contribution in [0.4, 0.5) is 39.8 Å². The normalized spacial score (nSPS) is 11.4. The fourth-order valence-electron chi connectivity index (χ4n) is 7.90. The monoisotopic (exact) mass is 698 g/mol. The predicted molar refractivity (Wildman–Crippen MR) is 228 cm³/mol. The summed E-state index contributed by atoms with van der Waals surface area (Å²) >= 11 is 0. The van der Waals surface area contributed by atoms with Crippen LogP contribution < -0.4 is 9.80 Å². The molecule has 8 aromatic carbocycles. The molecule has 8 rings (SSSR count). The number of aryl methyl sites for hydroxylation is 2. The molecule has 0 spiro atoms. The predicted octanol–water partition coefficient (Wildman–Crippen LogP) is 14.8. The Morgan fingerprint density at radius 1 is 0.500 bits per heavy atom. The molecule has 0 unspecified atom stereocenters. The van der Waals surface area contributed by atoms with E-state index in [0.717, 1.165) is 39.5 Å². The Labute approximate surface area is 318 Å². The van der Waals surface area contributed by atoms with E-state index in [9.17, 15) is 5.26 Å². The average molecular weight is 699 g/mol. The van der Waals surface area contributed by atoms with Crippen molar-refractivity contribution in [1.82, 2.24) is 0 Å². The molecule has 262 valence electrons. The zero-order valence-corrected chi connectivity index (χ0v) is 31.6. The summed E-state index contributed by atoms with van der Waals surface area (Å²) in [6.45, 7) is 20.9. The third kappa shape index (κ3) is 5.87. The maximum atomic E-state index is 9.63. The van der Waals surface area contributed by atoms with Crippen molar-refractivity contribution < 1.29 is 0 Å². The minimum atomic E-state index is 0.426. The highest BCUT2D eigenvalue weighted by Gasteiger charge is 2.24. The van der Waals surface area contributed by atoms with Crippen molar-refractivity contribution in [2.45, 2.75) is 53.4 Å². The summed E-state index contributed by atoms with van der Waals surface area (Å²) in [5.41, 5.74) is 12.6. The first kappa shape index (κ1) is 34.5. The third-order valence-corrected chi connectivity index (χ3v) is 10.9. The lowest BCUT2D eigenvalue weighted by atomic mass is 9.88. The van der Waals surface area contributed by atoms with Gasteiger partial charge in [0, 0.05) is 33.5 Å². The van der Waals surface area contributed by atoms with E-state index in [-0.39, 0.29) is 0 Å². The number of rotatable bonds is 8. The molecule has 0 amide bonds. The minimum Gasteiger partial charge on any atom is -0.310 e. The van der Waals surface area contributed by atoms with E-state index in [1.165, 1.54) is 49.2 Å². The number of anilines is 6. The number of hydrogen-bond acceptors (Lipinski definition) is 3. The van der Waals surface area contributed by atoms with Crippen LogP contribution in [-0.2, 0) is 0 Å². The van der Waals surface area contributed by atoms with Gasteiger partial charge in [-0.15, -0.1) is 0 Å². The maximum absolute atomic E-state index is 9.63. The van der Waals surface area contributed by atoms with Gasteiger partial charge >= 0.3 is 0 Å². The highest BCUT2D eigenvalue weighted by Crippen LogP contribution is 2.49. The summed E-state index contributed by atoms with van der Waals surface area (Å²) in [6, 6.07) is 49.6. The Kier molecular flexibility index (Phi) is 8.77. The lowest BCUT2D eigenvalue weighted by Gasteiger charge is -2.30. The van der Waals surface area contributed by atoms with Crippen molar-refractivity contribution in [3.63, 3.8) is 0 Å². The van der Waals surface area contributed by atoms with E-state index in [2.05, 4.69) is 159 Å². The molecule has 0 aliphatic heterocycles. The molecule has 4 nitrogen and oxygen atoms in total. The van der Waals surface area contributed by atoms with Crippen LogP contribution in [0.25, 0.3) is 37.2 Å². The summed E-state index contributed by atoms with van der Waals surface area (Å²) in [7, 11) is 0. The Morgan fingerprint density at radius 2 is 0.852 bits per heavy atom. The van der Waals surface area contributed by atoms with Crippen LogP contribution in [0.2, 0.25) is 0 Å². The molecule has 0 saturated carbocycles. The van der Waals surface area contributed by atoms with Gasteiger partial charge in [-0.1, -0.05) is 88.4 Å². The van der Waals surface area contributed by atoms with Crippen LogP contribution in [0.5, 0.6) is 0 Å². The fraction of sp³-hybridized carbons (Fsp3) is 0.160. The molecular formula is C50H42N4. The van der Waals surface area contributed by atoms with E-state index in [0.29, 0.717) is 23.1 Å². The van der Waals surface area contributed by atoms with Gasteiger partial charge in [0.2, 0.25) is 0 Å². The Balaban J connectivity index is 1.41. The topological polar surface area (TPSA) is 34.6 Å². The molecule has 0 fully saturated rings. The second-order valence-electron chi connectivity index (χ2n) is 14.9. The number of nitrogens with zero attached hydrogens (tertiary/aromatic N) is 4. The molecule has 0 aliphatic rings. The molecule has 0 aromatic heterocycles. The van der Waals surface area contributed by atoms with E-state index in [4.69, 9.17) is 6.57 Å². The first-order chi connectivity index (χ1) is 26.2. The molecule has 0 radical (unpaired) electrons. The van der Waals surface area contributed by atoms with Gasteiger partial charge in [-0.3, -0.25) is 0 Å². The van der Waals surface area contributed by atoms with Gasteiger partial charge in [-0.2, -0.15) is 5.26 Å². The van der Waals surface area contributed by atoms with Crippen LogP contribution >= 0.6 is 0 Å². The fourth-order valence-corrected chi connectivity index (χ4v) is 7.90. The molecule has 0 N–H and O–H groups in total. The Bertz CT molecular complexity index is 2530. The van der Waals surface area contributed by atoms with Crippen LogP contribution in [0.1, 0.15) is 67.3 Å². The second-order valence-corrected chi connectivity index (χ2v) is 14.9. The first-order valence-corrected chi connectivity index (χ1v) is 18.7. The van der Waals surface area contributed by atoms with Gasteiger partial charge in [0.05, 0.1) is 29.6 Å². The first-order valence-electron chi connectivity index (χ1n) is 18.7. The van der Waals surface area contributed by atoms with E-state index in [1.807, 2.05) is 36.4 Å². The van der Waals surface area contributed by atoms with Crippen molar-refractivity contribution in [1.29, 1.82) is 5.26 Å². The van der Waals surface area contributed by atoms with Gasteiger partial charge < -0.3 is 9.80 Å². The SMILES string of the molecule is [C-]#[N+]c1ccc(N(c2ccc(C(C)C)cc2)c2cc(C)c3ccc4c(N(c5ccc(C#N)cc5)c5ccc(C(C)C)cc5)cc(C)c5ccc2c3c54)cc1. The van der Waals surface area contributed by atoms with Crippen molar-refractivity contribution in [3.05, 3.63) is 173 Å². The molecular weight excluding hydrogens is 657 g/mol. The van der Waals surface area contributed by atoms with Gasteiger partial charge in [-0.05, 0) is 142 Å². The van der Waals surface area contributed by atoms with E-state index >= 15 is 0 Å². The highest BCUT2D eigenvalue weighted by molar-refractivity contribution is 6.29. The summed E-state index contributed by atoms with van der Waals surface area (Å²) in [6.07, 6.45) is 0. The third-order valence-electron chi connectivity index (χ3n) is 10.9. The standard InChI is InChI=1S/C50H42N4/c1-31(2)36-10-18-40(19-11-36)53(39-16-8-35(30-51)9-17-39)47-28-33(5)43-25-27-46-48(29-34(6)44-24-26-45(47)49(43)50(44)46)54(42-22-14-38(52-7)15-23-42)41-20-12-37(13-21-41)32(3)4/h8-29,31-32H,1-6H3. The molecule has 54 heavy (non-hydrogen) atoms. The number of nitriles is 1. The van der Waals surface area contributed by atoms with Crippen LogP contribution in [-0.4, -0.2) is 0 Å². The van der Waals surface area contributed by atoms with Crippen molar-refractivity contribution >= 4 is 72.1 Å². The van der Waals surface area contributed by atoms with Crippen molar-refractivity contribution in [2.75, 3.05) is 9.80 Å². The largest absolute Gasteiger partial charge is 0.310 e. The van der Waals surface area contributed by atoms with Gasteiger partial charge in [-0.25, -0.2) is 4.85 Å². The summed E-state index contributed by atoms with van der Waals surface area (Å²) in [5, 5.41) is 16.9. The summed E-state index contributed by atoms with van der Waals surface area (Å²) in [4.78, 5) is 8.34. The molecule has 0 bridgehead atoms. The molecule has 4 heteroatoms. The lowest BCUT2D eigenvalue weighted by Crippen LogP contribution is -2.12. The molecule has 8 aromatic rings. The van der Waals surface area contributed by atoms with Crippen molar-refractivity contribution in [3.8, 4) is 6.07 Å². The maximum Gasteiger partial charge on any atom is 0.187 e. The number of benzene rings is 8. The van der Waals surface area contributed by atoms with Crippen LogP contribution in [0.3, 0.4) is 0 Å². The summed E-state index contributed by atoms with van der Waals surface area (Å²) in [5.74, 6) is 0.853. The average Bonchev–Trinajstić information content (AvgIpc) is 3.20. The smallest absolute Gasteiger partial charge is 0.187 e. The van der Waals surface area contributed by atoms with E-state index < -0.39 is 0 Å². The second kappa shape index (κ2) is 13.7. The zero-order valence-electron chi connectivity index (χ0n) is 31.6. The van der Waals surface area contributed by atoms with Gasteiger partial charge in [0.15, 0.2) is 5.69 Å². The Hall–Kier alpha value is -6.62. The molecule has 0 heterocycles. The van der Waals surface area contributed by atoms with Crippen molar-refractivity contribution in [2.24, 2.45) is 0 Å². The quantitative estimate of drug-likeness (QED) is 0.117.